The summed E-state index contributed by atoms with van der Waals surface area (Å²) < 4.78 is 7.33. The quantitative estimate of drug-likeness (QED) is 0.915. The number of para-hydroxylation sites is 1. The number of hydrogen-bond acceptors (Lipinski definition) is 3. The molecule has 0 aliphatic heterocycles. The highest BCUT2D eigenvalue weighted by Gasteiger charge is 2.46. The average molecular weight is 258 g/mol. The van der Waals surface area contributed by atoms with E-state index in [9.17, 15) is 5.11 Å². The van der Waals surface area contributed by atoms with Crippen molar-refractivity contribution in [2.75, 3.05) is 6.61 Å². The fourth-order valence-corrected chi connectivity index (χ4v) is 2.69. The first-order chi connectivity index (χ1) is 9.23. The average Bonchev–Trinajstić information content (AvgIpc) is 2.88. The summed E-state index contributed by atoms with van der Waals surface area (Å²) in [6.45, 7) is 2.67. The minimum atomic E-state index is -0.813. The summed E-state index contributed by atoms with van der Waals surface area (Å²) in [5.74, 6) is 0. The molecule has 1 saturated carbocycles. The highest BCUT2D eigenvalue weighted by molar-refractivity contribution is 5.34. The van der Waals surface area contributed by atoms with Crippen molar-refractivity contribution in [2.24, 2.45) is 0 Å². The van der Waals surface area contributed by atoms with Crippen LogP contribution in [0.25, 0.3) is 5.69 Å². The van der Waals surface area contributed by atoms with Crippen molar-refractivity contribution in [3.05, 3.63) is 48.3 Å². The molecular formula is C15H18N2O2. The molecule has 0 atom stereocenters. The highest BCUT2D eigenvalue weighted by Crippen LogP contribution is 2.43. The predicted molar refractivity (Wildman–Crippen MR) is 72.1 cm³/mol. The van der Waals surface area contributed by atoms with Gasteiger partial charge in [-0.05, 0) is 25.1 Å². The standard InChI is InChI=1S/C15H18N2O2/c1-2-19-13-10-15(18,11-13)14-8-9-16-17(14)12-6-4-3-5-7-12/h3-9,13,18H,2,10-11H2,1H3. The van der Waals surface area contributed by atoms with E-state index in [0.717, 1.165) is 11.4 Å². The molecule has 4 heteroatoms. The first-order valence-corrected chi connectivity index (χ1v) is 6.67. The van der Waals surface area contributed by atoms with Crippen molar-refractivity contribution in [1.82, 2.24) is 9.78 Å². The number of aromatic nitrogens is 2. The maximum absolute atomic E-state index is 10.7. The molecule has 1 N–H and O–H groups in total. The molecule has 0 spiro atoms. The summed E-state index contributed by atoms with van der Waals surface area (Å²) in [6.07, 6.45) is 3.17. The van der Waals surface area contributed by atoms with Crippen LogP contribution in [-0.4, -0.2) is 27.6 Å². The SMILES string of the molecule is CCOC1CC(O)(c2ccnn2-c2ccccc2)C1. The Morgan fingerprint density at radius 1 is 1.32 bits per heavy atom. The first kappa shape index (κ1) is 12.4. The van der Waals surface area contributed by atoms with Gasteiger partial charge in [-0.3, -0.25) is 0 Å². The molecule has 0 unspecified atom stereocenters. The van der Waals surface area contributed by atoms with Crippen molar-refractivity contribution in [3.8, 4) is 5.69 Å². The van der Waals surface area contributed by atoms with Gasteiger partial charge in [0.2, 0.25) is 0 Å². The van der Waals surface area contributed by atoms with Gasteiger partial charge in [-0.2, -0.15) is 5.10 Å². The largest absolute Gasteiger partial charge is 0.383 e. The molecule has 19 heavy (non-hydrogen) atoms. The molecule has 100 valence electrons. The normalized spacial score (nSPS) is 26.1. The van der Waals surface area contributed by atoms with E-state index in [1.807, 2.05) is 48.0 Å². The zero-order valence-electron chi connectivity index (χ0n) is 11.0. The number of rotatable bonds is 4. The molecule has 1 aromatic heterocycles. The second kappa shape index (κ2) is 4.79. The Morgan fingerprint density at radius 2 is 2.05 bits per heavy atom. The van der Waals surface area contributed by atoms with Gasteiger partial charge in [0, 0.05) is 25.6 Å². The molecule has 1 aliphatic carbocycles. The molecular weight excluding hydrogens is 240 g/mol. The third kappa shape index (κ3) is 2.17. The lowest BCUT2D eigenvalue weighted by Gasteiger charge is -2.43. The molecule has 0 bridgehead atoms. The second-order valence-corrected chi connectivity index (χ2v) is 4.98. The summed E-state index contributed by atoms with van der Waals surface area (Å²) in [5.41, 5.74) is 0.997. The van der Waals surface area contributed by atoms with Gasteiger partial charge in [0.25, 0.3) is 0 Å². The van der Waals surface area contributed by atoms with Crippen LogP contribution in [0.3, 0.4) is 0 Å². The Labute approximate surface area is 112 Å². The summed E-state index contributed by atoms with van der Waals surface area (Å²) in [7, 11) is 0. The summed E-state index contributed by atoms with van der Waals surface area (Å²) in [4.78, 5) is 0. The maximum Gasteiger partial charge on any atom is 0.112 e. The van der Waals surface area contributed by atoms with Crippen LogP contribution in [0.2, 0.25) is 0 Å². The maximum atomic E-state index is 10.7. The fraction of sp³-hybridized carbons (Fsp3) is 0.400. The van der Waals surface area contributed by atoms with Gasteiger partial charge in [-0.1, -0.05) is 18.2 Å². The van der Waals surface area contributed by atoms with E-state index in [4.69, 9.17) is 4.74 Å². The molecule has 0 radical (unpaired) electrons. The van der Waals surface area contributed by atoms with E-state index in [-0.39, 0.29) is 6.10 Å². The van der Waals surface area contributed by atoms with Gasteiger partial charge in [0.1, 0.15) is 5.60 Å². The fourth-order valence-electron chi connectivity index (χ4n) is 2.69. The van der Waals surface area contributed by atoms with E-state index in [0.29, 0.717) is 19.4 Å². The molecule has 0 saturated heterocycles. The Balaban J connectivity index is 1.86. The van der Waals surface area contributed by atoms with E-state index in [2.05, 4.69) is 5.10 Å². The predicted octanol–water partition coefficient (Wildman–Crippen LogP) is 2.26. The monoisotopic (exact) mass is 258 g/mol. The van der Waals surface area contributed by atoms with Crippen LogP contribution in [0.4, 0.5) is 0 Å². The number of benzene rings is 1. The van der Waals surface area contributed by atoms with Crippen LogP contribution < -0.4 is 0 Å². The van der Waals surface area contributed by atoms with E-state index < -0.39 is 5.60 Å². The Hall–Kier alpha value is -1.65. The van der Waals surface area contributed by atoms with Gasteiger partial charge in [0.05, 0.1) is 17.5 Å². The van der Waals surface area contributed by atoms with Crippen molar-refractivity contribution >= 4 is 0 Å². The lowest BCUT2D eigenvalue weighted by atomic mass is 9.75. The van der Waals surface area contributed by atoms with Crippen LogP contribution in [0.15, 0.2) is 42.6 Å². The smallest absolute Gasteiger partial charge is 0.112 e. The molecule has 2 aromatic rings. The van der Waals surface area contributed by atoms with Gasteiger partial charge in [-0.25, -0.2) is 4.68 Å². The molecule has 3 rings (SSSR count). The van der Waals surface area contributed by atoms with Crippen molar-refractivity contribution in [3.63, 3.8) is 0 Å². The Kier molecular flexibility index (Phi) is 3.12. The van der Waals surface area contributed by atoms with E-state index in [1.165, 1.54) is 0 Å². The minimum Gasteiger partial charge on any atom is -0.383 e. The van der Waals surface area contributed by atoms with Crippen LogP contribution >= 0.6 is 0 Å². The Morgan fingerprint density at radius 3 is 2.74 bits per heavy atom. The first-order valence-electron chi connectivity index (χ1n) is 6.67. The lowest BCUT2D eigenvalue weighted by Crippen LogP contribution is -2.47. The number of ether oxygens (including phenoxy) is 1. The van der Waals surface area contributed by atoms with Crippen LogP contribution in [0.5, 0.6) is 0 Å². The van der Waals surface area contributed by atoms with Crippen LogP contribution in [0, 0.1) is 0 Å². The third-order valence-corrected chi connectivity index (χ3v) is 3.65. The van der Waals surface area contributed by atoms with Crippen molar-refractivity contribution in [2.45, 2.75) is 31.5 Å². The van der Waals surface area contributed by atoms with Crippen molar-refractivity contribution in [1.29, 1.82) is 0 Å². The van der Waals surface area contributed by atoms with E-state index in [1.54, 1.807) is 6.20 Å². The lowest BCUT2D eigenvalue weighted by molar-refractivity contribution is -0.145. The molecule has 4 nitrogen and oxygen atoms in total. The van der Waals surface area contributed by atoms with Gasteiger partial charge >= 0.3 is 0 Å². The number of nitrogens with zero attached hydrogens (tertiary/aromatic N) is 2. The molecule has 1 fully saturated rings. The number of hydrogen-bond donors (Lipinski definition) is 1. The number of aliphatic hydroxyl groups is 1. The summed E-state index contributed by atoms with van der Waals surface area (Å²) in [6, 6.07) is 11.8. The summed E-state index contributed by atoms with van der Waals surface area (Å²) in [5, 5.41) is 15.0. The molecule has 1 heterocycles. The minimum absolute atomic E-state index is 0.161. The Bertz CT molecular complexity index is 544. The zero-order chi connectivity index (χ0) is 13.3. The second-order valence-electron chi connectivity index (χ2n) is 4.98. The van der Waals surface area contributed by atoms with E-state index >= 15 is 0 Å². The van der Waals surface area contributed by atoms with Gasteiger partial charge in [-0.15, -0.1) is 0 Å². The topological polar surface area (TPSA) is 47.3 Å². The molecule has 0 amide bonds. The van der Waals surface area contributed by atoms with Crippen LogP contribution in [-0.2, 0) is 10.3 Å². The summed E-state index contributed by atoms with van der Waals surface area (Å²) >= 11 is 0. The van der Waals surface area contributed by atoms with Crippen LogP contribution in [0.1, 0.15) is 25.5 Å². The van der Waals surface area contributed by atoms with Gasteiger partial charge in [0.15, 0.2) is 0 Å². The highest BCUT2D eigenvalue weighted by atomic mass is 16.5. The third-order valence-electron chi connectivity index (χ3n) is 3.65. The molecule has 1 aliphatic rings. The molecule has 1 aromatic carbocycles. The zero-order valence-corrected chi connectivity index (χ0v) is 11.0. The van der Waals surface area contributed by atoms with Crippen molar-refractivity contribution < 1.29 is 9.84 Å². The van der Waals surface area contributed by atoms with Gasteiger partial charge < -0.3 is 9.84 Å².